The molecule has 0 N–H and O–H groups in total. The van der Waals surface area contributed by atoms with Gasteiger partial charge in [-0.05, 0) is 38.1 Å². The summed E-state index contributed by atoms with van der Waals surface area (Å²) < 4.78 is 11.9. The molecule has 4 nitrogen and oxygen atoms in total. The van der Waals surface area contributed by atoms with Gasteiger partial charge in [0.05, 0.1) is 5.57 Å². The second kappa shape index (κ2) is 7.37. The summed E-state index contributed by atoms with van der Waals surface area (Å²) in [6.07, 6.45) is -0.935. The predicted octanol–water partition coefficient (Wildman–Crippen LogP) is 5.06. The van der Waals surface area contributed by atoms with E-state index in [1.54, 1.807) is 55.5 Å². The lowest BCUT2D eigenvalue weighted by Crippen LogP contribution is -2.43. The number of ketones is 1. The quantitative estimate of drug-likeness (QED) is 0.668. The third kappa shape index (κ3) is 3.47. The largest absolute Gasteiger partial charge is 0.478 e. The zero-order chi connectivity index (χ0) is 19.8. The van der Waals surface area contributed by atoms with Gasteiger partial charge in [-0.1, -0.05) is 47.5 Å². The maximum atomic E-state index is 12.3. The van der Waals surface area contributed by atoms with Crippen molar-refractivity contribution in [2.45, 2.75) is 32.5 Å². The molecule has 0 spiro atoms. The van der Waals surface area contributed by atoms with E-state index < -0.39 is 17.7 Å². The Morgan fingerprint density at radius 1 is 0.926 bits per heavy atom. The van der Waals surface area contributed by atoms with Crippen LogP contribution in [0.3, 0.4) is 0 Å². The molecule has 3 rings (SSSR count). The van der Waals surface area contributed by atoms with Gasteiger partial charge in [0.2, 0.25) is 0 Å². The molecule has 2 aromatic carbocycles. The Balaban J connectivity index is 2.28. The maximum Gasteiger partial charge on any atom is 0.303 e. The Bertz CT molecular complexity index is 869. The van der Waals surface area contributed by atoms with Crippen molar-refractivity contribution in [2.75, 3.05) is 0 Å². The lowest BCUT2D eigenvalue weighted by molar-refractivity contribution is -0.153. The zero-order valence-electron chi connectivity index (χ0n) is 15.1. The fraction of sp³-hybridized carbons (Fsp3) is 0.238. The molecule has 0 saturated heterocycles. The highest BCUT2D eigenvalue weighted by atomic mass is 35.5. The summed E-state index contributed by atoms with van der Waals surface area (Å²) in [6, 6.07) is 14.1. The highest BCUT2D eigenvalue weighted by Crippen LogP contribution is 2.49. The highest BCUT2D eigenvalue weighted by Gasteiger charge is 2.55. The van der Waals surface area contributed by atoms with Crippen molar-refractivity contribution in [3.05, 3.63) is 81.0 Å². The fourth-order valence-electron chi connectivity index (χ4n) is 3.46. The van der Waals surface area contributed by atoms with E-state index in [4.69, 9.17) is 32.7 Å². The summed E-state index contributed by atoms with van der Waals surface area (Å²) in [5, 5.41) is 1.12. The number of hydrogen-bond acceptors (Lipinski definition) is 4. The van der Waals surface area contributed by atoms with Crippen molar-refractivity contribution >= 4 is 35.0 Å². The zero-order valence-corrected chi connectivity index (χ0v) is 16.6. The number of rotatable bonds is 4. The molecule has 1 aliphatic rings. The van der Waals surface area contributed by atoms with Crippen LogP contribution in [0.15, 0.2) is 59.9 Å². The third-order valence-corrected chi connectivity index (χ3v) is 5.04. The molecule has 0 saturated carbocycles. The van der Waals surface area contributed by atoms with Crippen molar-refractivity contribution in [2.24, 2.45) is 0 Å². The summed E-state index contributed by atoms with van der Waals surface area (Å²) in [5.41, 5.74) is 0.522. The van der Waals surface area contributed by atoms with Gasteiger partial charge in [0, 0.05) is 28.1 Å². The second-order valence-corrected chi connectivity index (χ2v) is 7.24. The minimum atomic E-state index is -1.22. The number of carbonyl (C=O) groups is 2. The van der Waals surface area contributed by atoms with Gasteiger partial charge < -0.3 is 9.47 Å². The van der Waals surface area contributed by atoms with Crippen LogP contribution in [-0.4, -0.2) is 17.9 Å². The number of esters is 1. The topological polar surface area (TPSA) is 52.6 Å². The normalized spacial score (nSPS) is 18.2. The van der Waals surface area contributed by atoms with Gasteiger partial charge in [0.1, 0.15) is 5.76 Å². The van der Waals surface area contributed by atoms with Crippen LogP contribution in [-0.2, 0) is 24.7 Å². The lowest BCUT2D eigenvalue weighted by atomic mass is 9.79. The van der Waals surface area contributed by atoms with Gasteiger partial charge >= 0.3 is 5.97 Å². The molecular formula is C21H18Cl2O4. The van der Waals surface area contributed by atoms with Crippen LogP contribution in [0.5, 0.6) is 0 Å². The Morgan fingerprint density at radius 3 is 1.74 bits per heavy atom. The van der Waals surface area contributed by atoms with Crippen LogP contribution in [0.2, 0.25) is 10.0 Å². The molecule has 27 heavy (non-hydrogen) atoms. The molecule has 1 unspecified atom stereocenters. The average molecular weight is 405 g/mol. The van der Waals surface area contributed by atoms with Gasteiger partial charge in [0.25, 0.3) is 0 Å². The van der Waals surface area contributed by atoms with E-state index in [1.165, 1.54) is 13.8 Å². The molecule has 0 radical (unpaired) electrons. The lowest BCUT2D eigenvalue weighted by Gasteiger charge is -2.36. The van der Waals surface area contributed by atoms with E-state index in [9.17, 15) is 9.59 Å². The van der Waals surface area contributed by atoms with E-state index in [0.29, 0.717) is 32.5 Å². The number of carbonyl (C=O) groups excluding carboxylic acids is 2. The molecule has 1 atom stereocenters. The molecule has 0 aliphatic carbocycles. The number of ether oxygens (including phenoxy) is 2. The van der Waals surface area contributed by atoms with Crippen LogP contribution in [0.1, 0.15) is 31.9 Å². The van der Waals surface area contributed by atoms with Crippen LogP contribution in [0.25, 0.3) is 0 Å². The smallest absolute Gasteiger partial charge is 0.303 e. The first-order chi connectivity index (χ1) is 12.8. The van der Waals surface area contributed by atoms with Crippen LogP contribution in [0, 0.1) is 0 Å². The number of hydrogen-bond donors (Lipinski definition) is 0. The highest BCUT2D eigenvalue weighted by molar-refractivity contribution is 6.30. The molecule has 0 fully saturated rings. The summed E-state index contributed by atoms with van der Waals surface area (Å²) >= 11 is 12.1. The maximum absolute atomic E-state index is 12.3. The molecule has 1 aliphatic heterocycles. The van der Waals surface area contributed by atoms with Crippen molar-refractivity contribution in [3.8, 4) is 0 Å². The Kier molecular flexibility index (Phi) is 5.31. The van der Waals surface area contributed by atoms with Gasteiger partial charge in [0.15, 0.2) is 17.5 Å². The fourth-order valence-corrected chi connectivity index (χ4v) is 3.71. The van der Waals surface area contributed by atoms with Crippen molar-refractivity contribution in [1.29, 1.82) is 0 Å². The van der Waals surface area contributed by atoms with E-state index in [2.05, 4.69) is 0 Å². The SMILES string of the molecule is CC(=O)OC1C(C(C)=O)=C(C)OC1(c1ccc(Cl)cc1)c1ccc(Cl)cc1. The van der Waals surface area contributed by atoms with Crippen molar-refractivity contribution < 1.29 is 19.1 Å². The summed E-state index contributed by atoms with van der Waals surface area (Å²) in [5.74, 6) is -0.313. The van der Waals surface area contributed by atoms with E-state index in [0.717, 1.165) is 0 Å². The predicted molar refractivity (Wildman–Crippen MR) is 104 cm³/mol. The van der Waals surface area contributed by atoms with Gasteiger partial charge in [-0.3, -0.25) is 9.59 Å². The molecule has 2 aromatic rings. The molecular weight excluding hydrogens is 387 g/mol. The van der Waals surface area contributed by atoms with Gasteiger partial charge in [-0.25, -0.2) is 0 Å². The Hall–Kier alpha value is -2.30. The molecule has 0 amide bonds. The molecule has 0 aromatic heterocycles. The van der Waals surface area contributed by atoms with Crippen LogP contribution in [0.4, 0.5) is 0 Å². The minimum Gasteiger partial charge on any atom is -0.478 e. The Morgan fingerprint density at radius 2 is 1.37 bits per heavy atom. The molecule has 1 heterocycles. The number of halogens is 2. The van der Waals surface area contributed by atoms with E-state index in [-0.39, 0.29) is 5.78 Å². The molecule has 0 bridgehead atoms. The van der Waals surface area contributed by atoms with Crippen molar-refractivity contribution in [3.63, 3.8) is 0 Å². The van der Waals surface area contributed by atoms with Crippen molar-refractivity contribution in [1.82, 2.24) is 0 Å². The minimum absolute atomic E-state index is 0.219. The van der Waals surface area contributed by atoms with Gasteiger partial charge in [-0.2, -0.15) is 0 Å². The number of Topliss-reactive ketones (excluding diaryl/α,β-unsaturated/α-hetero) is 1. The second-order valence-electron chi connectivity index (χ2n) is 6.37. The molecule has 6 heteroatoms. The third-order valence-electron chi connectivity index (χ3n) is 4.53. The average Bonchev–Trinajstić information content (AvgIpc) is 2.88. The number of allylic oxidation sites excluding steroid dienone is 1. The summed E-state index contributed by atoms with van der Waals surface area (Å²) in [4.78, 5) is 24.2. The summed E-state index contributed by atoms with van der Waals surface area (Å²) in [7, 11) is 0. The standard InChI is InChI=1S/C21H18Cl2O4/c1-12(24)19-13(2)27-21(20(19)26-14(3)25,15-4-8-17(22)9-5-15)16-6-10-18(23)11-7-16/h4-11,20H,1-3H3. The first kappa shape index (κ1) is 19.5. The van der Waals surface area contributed by atoms with Crippen LogP contribution < -0.4 is 0 Å². The van der Waals surface area contributed by atoms with Crippen LogP contribution >= 0.6 is 23.2 Å². The first-order valence-electron chi connectivity index (χ1n) is 8.35. The van der Waals surface area contributed by atoms with E-state index in [1.807, 2.05) is 0 Å². The van der Waals surface area contributed by atoms with Gasteiger partial charge in [-0.15, -0.1) is 0 Å². The monoisotopic (exact) mass is 404 g/mol. The van der Waals surface area contributed by atoms with E-state index >= 15 is 0 Å². The molecule has 140 valence electrons. The summed E-state index contributed by atoms with van der Waals surface area (Å²) in [6.45, 7) is 4.43. The Labute approximate surface area is 167 Å². The first-order valence-corrected chi connectivity index (χ1v) is 9.11. The number of benzene rings is 2.